The first-order valence-electron chi connectivity index (χ1n) is 6.76. The van der Waals surface area contributed by atoms with Crippen LogP contribution in [-0.2, 0) is 0 Å². The highest BCUT2D eigenvalue weighted by Gasteiger charge is 2.22. The molecular formula is C15H23BrCl2N2O. The molecule has 1 heterocycles. The molecule has 0 radical (unpaired) electrons. The van der Waals surface area contributed by atoms with Crippen LogP contribution in [0, 0.1) is 0 Å². The molecule has 0 bridgehead atoms. The third-order valence-corrected chi connectivity index (χ3v) is 4.23. The first kappa shape index (κ1) is 20.7. The zero-order valence-corrected chi connectivity index (χ0v) is 15.1. The highest BCUT2D eigenvalue weighted by Crippen LogP contribution is 2.32. The van der Waals surface area contributed by atoms with Gasteiger partial charge >= 0.3 is 0 Å². The van der Waals surface area contributed by atoms with Crippen LogP contribution in [0.3, 0.4) is 0 Å². The van der Waals surface area contributed by atoms with Crippen molar-refractivity contribution in [2.24, 2.45) is 0 Å². The van der Waals surface area contributed by atoms with Gasteiger partial charge < -0.3 is 10.4 Å². The summed E-state index contributed by atoms with van der Waals surface area (Å²) in [7, 11) is 0. The first-order valence-corrected chi connectivity index (χ1v) is 7.55. The molecule has 3 nitrogen and oxygen atoms in total. The SMILES string of the molecule is C=CCC[C@@H](c1ccc(O)c(Br)c1)N1CCNCC1.Cl.Cl. The molecule has 1 aliphatic heterocycles. The van der Waals surface area contributed by atoms with E-state index < -0.39 is 0 Å². The van der Waals surface area contributed by atoms with Crippen molar-refractivity contribution in [3.05, 3.63) is 40.9 Å². The fraction of sp³-hybridized carbons (Fsp3) is 0.467. The molecule has 2 N–H and O–H groups in total. The Morgan fingerprint density at radius 1 is 1.33 bits per heavy atom. The normalized spacial score (nSPS) is 16.4. The number of piperazine rings is 1. The summed E-state index contributed by atoms with van der Waals surface area (Å²) in [4.78, 5) is 2.51. The van der Waals surface area contributed by atoms with Crippen LogP contribution in [0.25, 0.3) is 0 Å². The Morgan fingerprint density at radius 3 is 2.57 bits per heavy atom. The van der Waals surface area contributed by atoms with E-state index in [4.69, 9.17) is 0 Å². The van der Waals surface area contributed by atoms with E-state index in [-0.39, 0.29) is 24.8 Å². The third-order valence-electron chi connectivity index (χ3n) is 3.59. The molecule has 0 aliphatic carbocycles. The van der Waals surface area contributed by atoms with Gasteiger partial charge in [0.25, 0.3) is 0 Å². The van der Waals surface area contributed by atoms with Gasteiger partial charge in [-0.05, 0) is 46.5 Å². The Balaban J connectivity index is 0.00000200. The molecule has 1 saturated heterocycles. The van der Waals surface area contributed by atoms with E-state index in [0.29, 0.717) is 11.8 Å². The number of allylic oxidation sites excluding steroid dienone is 1. The van der Waals surface area contributed by atoms with E-state index >= 15 is 0 Å². The lowest BCUT2D eigenvalue weighted by molar-refractivity contribution is 0.166. The first-order chi connectivity index (χ1) is 9.22. The van der Waals surface area contributed by atoms with Gasteiger partial charge in [0.05, 0.1) is 4.47 Å². The van der Waals surface area contributed by atoms with Gasteiger partial charge in [-0.2, -0.15) is 0 Å². The Kier molecular flexibility index (Phi) is 10.3. The number of aromatic hydroxyl groups is 1. The van der Waals surface area contributed by atoms with Crippen LogP contribution in [0.1, 0.15) is 24.4 Å². The number of hydrogen-bond acceptors (Lipinski definition) is 3. The lowest BCUT2D eigenvalue weighted by atomic mass is 9.99. The Bertz CT molecular complexity index is 440. The fourth-order valence-corrected chi connectivity index (χ4v) is 2.96. The number of phenolic OH excluding ortho intramolecular Hbond substituents is 1. The predicted molar refractivity (Wildman–Crippen MR) is 96.9 cm³/mol. The second-order valence-electron chi connectivity index (χ2n) is 4.88. The van der Waals surface area contributed by atoms with Crippen molar-refractivity contribution in [1.82, 2.24) is 10.2 Å². The van der Waals surface area contributed by atoms with Crippen LogP contribution >= 0.6 is 40.7 Å². The molecule has 1 atom stereocenters. The average Bonchev–Trinajstić information content (AvgIpc) is 2.44. The summed E-state index contributed by atoms with van der Waals surface area (Å²) in [5.74, 6) is 0.298. The van der Waals surface area contributed by atoms with E-state index in [0.717, 1.165) is 43.5 Å². The predicted octanol–water partition coefficient (Wildman–Crippen LogP) is 3.91. The molecular weight excluding hydrogens is 375 g/mol. The van der Waals surface area contributed by atoms with Gasteiger partial charge in [-0.3, -0.25) is 4.90 Å². The molecule has 0 amide bonds. The molecule has 0 unspecified atom stereocenters. The summed E-state index contributed by atoms with van der Waals surface area (Å²) in [6.45, 7) is 8.05. The van der Waals surface area contributed by atoms with Crippen molar-refractivity contribution < 1.29 is 5.11 Å². The second kappa shape index (κ2) is 10.5. The maximum Gasteiger partial charge on any atom is 0.129 e. The van der Waals surface area contributed by atoms with Gasteiger partial charge in [0.2, 0.25) is 0 Å². The average molecular weight is 398 g/mol. The van der Waals surface area contributed by atoms with Crippen molar-refractivity contribution in [2.45, 2.75) is 18.9 Å². The number of hydrogen-bond donors (Lipinski definition) is 2. The van der Waals surface area contributed by atoms with Crippen LogP contribution in [0.5, 0.6) is 5.75 Å². The lowest BCUT2D eigenvalue weighted by Gasteiger charge is -2.35. The molecule has 21 heavy (non-hydrogen) atoms. The number of rotatable bonds is 5. The molecule has 0 aromatic heterocycles. The molecule has 1 fully saturated rings. The van der Waals surface area contributed by atoms with Gasteiger partial charge in [0.15, 0.2) is 0 Å². The standard InChI is InChI=1S/C15H21BrN2O.2ClH/c1-2-3-4-14(18-9-7-17-8-10-18)12-5-6-15(19)13(16)11-12;;/h2,5-6,11,14,17,19H,1,3-4,7-10H2;2*1H/t14-;;/m0../s1. The maximum absolute atomic E-state index is 9.63. The zero-order valence-electron chi connectivity index (χ0n) is 11.9. The van der Waals surface area contributed by atoms with Crippen molar-refractivity contribution in [3.63, 3.8) is 0 Å². The summed E-state index contributed by atoms with van der Waals surface area (Å²) >= 11 is 3.41. The summed E-state index contributed by atoms with van der Waals surface area (Å²) in [6, 6.07) is 6.22. The molecule has 0 spiro atoms. The van der Waals surface area contributed by atoms with Crippen LogP contribution in [0.2, 0.25) is 0 Å². The van der Waals surface area contributed by atoms with Gasteiger partial charge in [0.1, 0.15) is 5.75 Å². The van der Waals surface area contributed by atoms with E-state index in [1.165, 1.54) is 5.56 Å². The quantitative estimate of drug-likeness (QED) is 0.739. The summed E-state index contributed by atoms with van der Waals surface area (Å²) in [6.07, 6.45) is 4.05. The van der Waals surface area contributed by atoms with Gasteiger partial charge in [-0.25, -0.2) is 0 Å². The zero-order chi connectivity index (χ0) is 13.7. The Hall–Kier alpha value is -0.260. The fourth-order valence-electron chi connectivity index (χ4n) is 2.56. The number of phenols is 1. The van der Waals surface area contributed by atoms with Crippen LogP contribution in [-0.4, -0.2) is 36.2 Å². The molecule has 1 aliphatic rings. The third kappa shape index (κ3) is 5.80. The van der Waals surface area contributed by atoms with Crippen molar-refractivity contribution in [2.75, 3.05) is 26.2 Å². The van der Waals surface area contributed by atoms with Crippen molar-refractivity contribution >= 4 is 40.7 Å². The van der Waals surface area contributed by atoms with E-state index in [2.05, 4.69) is 32.7 Å². The van der Waals surface area contributed by atoms with Crippen molar-refractivity contribution in [1.29, 1.82) is 0 Å². The summed E-state index contributed by atoms with van der Waals surface area (Å²) in [5, 5.41) is 13.0. The number of benzene rings is 1. The molecule has 6 heteroatoms. The number of nitrogens with one attached hydrogen (secondary N) is 1. The second-order valence-corrected chi connectivity index (χ2v) is 5.73. The molecule has 2 rings (SSSR count). The van der Waals surface area contributed by atoms with Crippen LogP contribution < -0.4 is 5.32 Å². The minimum Gasteiger partial charge on any atom is -0.507 e. The highest BCUT2D eigenvalue weighted by atomic mass is 79.9. The summed E-state index contributed by atoms with van der Waals surface area (Å²) < 4.78 is 0.767. The van der Waals surface area contributed by atoms with Crippen LogP contribution in [0.4, 0.5) is 0 Å². The minimum atomic E-state index is 0. The molecule has 1 aromatic carbocycles. The smallest absolute Gasteiger partial charge is 0.129 e. The van der Waals surface area contributed by atoms with Gasteiger partial charge in [-0.1, -0.05) is 12.1 Å². The van der Waals surface area contributed by atoms with Gasteiger partial charge in [-0.15, -0.1) is 31.4 Å². The highest BCUT2D eigenvalue weighted by molar-refractivity contribution is 9.10. The minimum absolute atomic E-state index is 0. The Labute approximate surface area is 147 Å². The number of nitrogens with zero attached hydrogens (tertiary/aromatic N) is 1. The molecule has 120 valence electrons. The molecule has 0 saturated carbocycles. The lowest BCUT2D eigenvalue weighted by Crippen LogP contribution is -2.45. The molecule has 1 aromatic rings. The summed E-state index contributed by atoms with van der Waals surface area (Å²) in [5.41, 5.74) is 1.26. The number of halogens is 3. The Morgan fingerprint density at radius 2 is 2.00 bits per heavy atom. The van der Waals surface area contributed by atoms with E-state index in [9.17, 15) is 5.11 Å². The van der Waals surface area contributed by atoms with E-state index in [1.807, 2.05) is 18.2 Å². The monoisotopic (exact) mass is 396 g/mol. The maximum atomic E-state index is 9.63. The largest absolute Gasteiger partial charge is 0.507 e. The van der Waals surface area contributed by atoms with Gasteiger partial charge in [0, 0.05) is 32.2 Å². The topological polar surface area (TPSA) is 35.5 Å². The van der Waals surface area contributed by atoms with Crippen LogP contribution in [0.15, 0.2) is 35.3 Å². The van der Waals surface area contributed by atoms with E-state index in [1.54, 1.807) is 6.07 Å². The van der Waals surface area contributed by atoms with Crippen molar-refractivity contribution in [3.8, 4) is 5.75 Å².